The molecule has 0 amide bonds. The maximum atomic E-state index is 11.6. The summed E-state index contributed by atoms with van der Waals surface area (Å²) in [7, 11) is -7.12. The lowest BCUT2D eigenvalue weighted by molar-refractivity contribution is -0.137. The highest BCUT2D eigenvalue weighted by molar-refractivity contribution is 7.92. The van der Waals surface area contributed by atoms with E-state index in [9.17, 15) is 21.6 Å². The summed E-state index contributed by atoms with van der Waals surface area (Å²) in [5, 5.41) is 8.26. The molecule has 8 nitrogen and oxygen atoms in total. The van der Waals surface area contributed by atoms with Gasteiger partial charge in [-0.2, -0.15) is 0 Å². The molecule has 1 rings (SSSR count). The number of carboxylic acid groups (broad SMARTS) is 1. The second-order valence-corrected chi connectivity index (χ2v) is 7.88. The van der Waals surface area contributed by atoms with Crippen LogP contribution < -0.4 is 4.72 Å². The third kappa shape index (κ3) is 5.53. The molecule has 0 bridgehead atoms. The number of aliphatic carboxylic acids is 1. The fraction of sp³-hybridized carbons (Fsp3) is 0.400. The Morgan fingerprint density at radius 1 is 1.30 bits per heavy atom. The topological polar surface area (TPSA) is 130 Å². The van der Waals surface area contributed by atoms with Gasteiger partial charge in [0.25, 0.3) is 0 Å². The van der Waals surface area contributed by atoms with Crippen molar-refractivity contribution in [3.63, 3.8) is 0 Å². The fourth-order valence-electron chi connectivity index (χ4n) is 1.30. The van der Waals surface area contributed by atoms with E-state index < -0.39 is 25.8 Å². The van der Waals surface area contributed by atoms with Gasteiger partial charge in [0.2, 0.25) is 10.0 Å². The molecule has 1 heterocycles. The first-order chi connectivity index (χ1) is 9.10. The fourth-order valence-corrected chi connectivity index (χ4v) is 2.97. The van der Waals surface area contributed by atoms with E-state index in [2.05, 4.69) is 9.71 Å². The molecule has 0 saturated carbocycles. The van der Waals surface area contributed by atoms with Crippen LogP contribution in [0.1, 0.15) is 12.8 Å². The summed E-state index contributed by atoms with van der Waals surface area (Å²) in [6, 6.07) is 2.46. The van der Waals surface area contributed by atoms with Gasteiger partial charge in [0, 0.05) is 12.7 Å². The smallest absolute Gasteiger partial charge is 0.303 e. The minimum absolute atomic E-state index is 0.0144. The second kappa shape index (κ2) is 6.18. The lowest BCUT2D eigenvalue weighted by Gasteiger charge is -2.07. The molecule has 0 aliphatic heterocycles. The summed E-state index contributed by atoms with van der Waals surface area (Å²) in [6.45, 7) is 0. The molecular weight excluding hydrogens is 308 g/mol. The van der Waals surface area contributed by atoms with E-state index in [0.29, 0.717) is 0 Å². The number of nitrogens with zero attached hydrogens (tertiary/aromatic N) is 1. The number of sulfone groups is 1. The maximum Gasteiger partial charge on any atom is 0.303 e. The van der Waals surface area contributed by atoms with E-state index in [-0.39, 0.29) is 29.3 Å². The van der Waals surface area contributed by atoms with Gasteiger partial charge in [0.15, 0.2) is 14.9 Å². The van der Waals surface area contributed by atoms with Crippen LogP contribution in [0.5, 0.6) is 0 Å². The van der Waals surface area contributed by atoms with E-state index in [1.165, 1.54) is 12.1 Å². The minimum atomic E-state index is -3.68. The van der Waals surface area contributed by atoms with Crippen molar-refractivity contribution in [3.05, 3.63) is 18.3 Å². The van der Waals surface area contributed by atoms with Crippen LogP contribution >= 0.6 is 0 Å². The van der Waals surface area contributed by atoms with Gasteiger partial charge in [-0.05, 0) is 18.6 Å². The number of aromatic nitrogens is 1. The molecule has 20 heavy (non-hydrogen) atoms. The molecule has 0 saturated heterocycles. The van der Waals surface area contributed by atoms with E-state index in [0.717, 1.165) is 12.5 Å². The predicted molar refractivity (Wildman–Crippen MR) is 71.6 cm³/mol. The first-order valence-corrected chi connectivity index (χ1v) is 9.03. The number of nitrogens with one attached hydrogen (secondary N) is 1. The number of carbonyl (C=O) groups is 1. The molecule has 1 aromatic heterocycles. The van der Waals surface area contributed by atoms with Gasteiger partial charge in [0.1, 0.15) is 0 Å². The van der Waals surface area contributed by atoms with Gasteiger partial charge >= 0.3 is 5.97 Å². The molecule has 2 N–H and O–H groups in total. The number of carboxylic acids is 1. The van der Waals surface area contributed by atoms with Gasteiger partial charge in [0.05, 0.1) is 17.6 Å². The Hall–Kier alpha value is -1.68. The normalized spacial score (nSPS) is 12.1. The molecule has 0 aliphatic carbocycles. The van der Waals surface area contributed by atoms with Crippen molar-refractivity contribution in [1.82, 2.24) is 4.98 Å². The van der Waals surface area contributed by atoms with Crippen LogP contribution in [0, 0.1) is 0 Å². The zero-order chi connectivity index (χ0) is 15.4. The lowest BCUT2D eigenvalue weighted by atomic mass is 10.3. The number of hydrogen-bond acceptors (Lipinski definition) is 6. The number of anilines is 1. The Morgan fingerprint density at radius 3 is 2.40 bits per heavy atom. The Morgan fingerprint density at radius 2 is 1.95 bits per heavy atom. The first-order valence-electron chi connectivity index (χ1n) is 5.48. The quantitative estimate of drug-likeness (QED) is 0.727. The molecule has 0 spiro atoms. The van der Waals surface area contributed by atoms with Crippen LogP contribution in [0.25, 0.3) is 0 Å². The van der Waals surface area contributed by atoms with Gasteiger partial charge < -0.3 is 5.11 Å². The van der Waals surface area contributed by atoms with Crippen molar-refractivity contribution in [2.24, 2.45) is 0 Å². The minimum Gasteiger partial charge on any atom is -0.481 e. The zero-order valence-electron chi connectivity index (χ0n) is 10.6. The number of rotatable bonds is 7. The van der Waals surface area contributed by atoms with E-state index >= 15 is 0 Å². The predicted octanol–water partition coefficient (Wildman–Crippen LogP) is 0.0916. The Bertz CT molecular complexity index is 679. The number of hydrogen-bond donors (Lipinski definition) is 2. The molecule has 0 fully saturated rings. The highest BCUT2D eigenvalue weighted by atomic mass is 32.2. The molecular formula is C10H14N2O6S2. The van der Waals surface area contributed by atoms with Crippen molar-refractivity contribution in [1.29, 1.82) is 0 Å². The molecule has 0 aliphatic rings. The molecule has 112 valence electrons. The van der Waals surface area contributed by atoms with Crippen molar-refractivity contribution in [2.45, 2.75) is 17.9 Å². The standard InChI is InChI=1S/C10H14N2O6S2/c1-19(15,16)9-5-4-8(7-11-9)12-20(17,18)6-2-3-10(13)14/h4-5,7,12H,2-3,6H2,1H3,(H,13,14). The largest absolute Gasteiger partial charge is 0.481 e. The summed E-state index contributed by atoms with van der Waals surface area (Å²) < 4.78 is 47.8. The molecule has 0 aromatic carbocycles. The van der Waals surface area contributed by atoms with Gasteiger partial charge in [-0.1, -0.05) is 0 Å². The molecule has 0 unspecified atom stereocenters. The van der Waals surface area contributed by atoms with E-state index in [1.807, 2.05) is 0 Å². The number of sulfonamides is 1. The molecule has 0 radical (unpaired) electrons. The summed E-state index contributed by atoms with van der Waals surface area (Å²) in [5.74, 6) is -1.41. The van der Waals surface area contributed by atoms with Crippen molar-refractivity contribution >= 4 is 31.5 Å². The van der Waals surface area contributed by atoms with Gasteiger partial charge in [-0.3, -0.25) is 9.52 Å². The summed E-state index contributed by atoms with van der Waals surface area (Å²) in [6.07, 6.45) is 1.82. The molecule has 1 aromatic rings. The van der Waals surface area contributed by atoms with Gasteiger partial charge in [-0.15, -0.1) is 0 Å². The Labute approximate surface area is 116 Å². The summed E-state index contributed by atoms with van der Waals surface area (Å²) >= 11 is 0. The third-order valence-corrected chi connectivity index (χ3v) is 4.57. The first kappa shape index (κ1) is 16.4. The Kier molecular flexibility index (Phi) is 5.06. The van der Waals surface area contributed by atoms with Crippen LogP contribution in [0.2, 0.25) is 0 Å². The third-order valence-electron chi connectivity index (χ3n) is 2.19. The molecule has 10 heteroatoms. The Balaban J connectivity index is 2.71. The van der Waals surface area contributed by atoms with Crippen LogP contribution in [-0.4, -0.2) is 44.9 Å². The van der Waals surface area contributed by atoms with E-state index in [4.69, 9.17) is 5.11 Å². The average Bonchev–Trinajstić information content (AvgIpc) is 2.26. The van der Waals surface area contributed by atoms with Crippen LogP contribution in [0.3, 0.4) is 0 Å². The monoisotopic (exact) mass is 322 g/mol. The highest BCUT2D eigenvalue weighted by Crippen LogP contribution is 2.12. The van der Waals surface area contributed by atoms with Crippen molar-refractivity contribution in [2.75, 3.05) is 16.7 Å². The summed E-state index contributed by atoms with van der Waals surface area (Å²) in [4.78, 5) is 13.9. The SMILES string of the molecule is CS(=O)(=O)c1ccc(NS(=O)(=O)CCCC(=O)O)cn1. The highest BCUT2D eigenvalue weighted by Gasteiger charge is 2.13. The summed E-state index contributed by atoms with van der Waals surface area (Å²) in [5.41, 5.74) is 0.118. The second-order valence-electron chi connectivity index (χ2n) is 4.08. The number of pyridine rings is 1. The zero-order valence-corrected chi connectivity index (χ0v) is 12.2. The average molecular weight is 322 g/mol. The van der Waals surface area contributed by atoms with Crippen LogP contribution in [0.15, 0.2) is 23.4 Å². The lowest BCUT2D eigenvalue weighted by Crippen LogP contribution is -2.17. The van der Waals surface area contributed by atoms with Crippen LogP contribution in [-0.2, 0) is 24.7 Å². The molecule has 0 atom stereocenters. The maximum absolute atomic E-state index is 11.6. The van der Waals surface area contributed by atoms with Crippen molar-refractivity contribution < 1.29 is 26.7 Å². The van der Waals surface area contributed by atoms with E-state index in [1.54, 1.807) is 0 Å². The van der Waals surface area contributed by atoms with Crippen molar-refractivity contribution in [3.8, 4) is 0 Å². The van der Waals surface area contributed by atoms with Crippen LogP contribution in [0.4, 0.5) is 5.69 Å². The van der Waals surface area contributed by atoms with Gasteiger partial charge in [-0.25, -0.2) is 21.8 Å².